The number of rotatable bonds is 6. The van der Waals surface area contributed by atoms with Crippen LogP contribution >= 0.6 is 11.6 Å². The predicted molar refractivity (Wildman–Crippen MR) is 131 cm³/mol. The summed E-state index contributed by atoms with van der Waals surface area (Å²) in [5.74, 6) is 0.459. The second-order valence-electron chi connectivity index (χ2n) is 8.37. The largest absolute Gasteiger partial charge is 0.493 e. The number of hydrogen-bond donors (Lipinski definition) is 1. The van der Waals surface area contributed by atoms with Crippen LogP contribution in [0.5, 0.6) is 5.75 Å². The third kappa shape index (κ3) is 4.38. The van der Waals surface area contributed by atoms with Crippen LogP contribution in [0.2, 0.25) is 5.02 Å². The van der Waals surface area contributed by atoms with Crippen LogP contribution in [-0.4, -0.2) is 61.2 Å². The maximum Gasteiger partial charge on any atom is 0.257 e. The molecule has 0 atom stereocenters. The Morgan fingerprint density at radius 1 is 1.15 bits per heavy atom. The summed E-state index contributed by atoms with van der Waals surface area (Å²) in [7, 11) is 3.35. The molecule has 0 radical (unpaired) electrons. The van der Waals surface area contributed by atoms with Crippen LogP contribution in [0.15, 0.2) is 42.6 Å². The third-order valence-electron chi connectivity index (χ3n) is 6.08. The molecule has 9 heteroatoms. The first-order valence-corrected chi connectivity index (χ1v) is 11.6. The van der Waals surface area contributed by atoms with Gasteiger partial charge in [0.2, 0.25) is 0 Å². The SMILES string of the molecule is COc1c(Cl)cccc1Nc1cc(Cc2ccc(N3CCOCC3)cn2)nc2c1C(=O)N(C)C2. The quantitative estimate of drug-likeness (QED) is 0.574. The van der Waals surface area contributed by atoms with Gasteiger partial charge in [0, 0.05) is 37.9 Å². The molecule has 1 aromatic carbocycles. The molecule has 0 saturated carbocycles. The number of aromatic nitrogens is 2. The Morgan fingerprint density at radius 3 is 2.71 bits per heavy atom. The highest BCUT2D eigenvalue weighted by Gasteiger charge is 2.30. The van der Waals surface area contributed by atoms with Crippen molar-refractivity contribution in [1.29, 1.82) is 0 Å². The molecule has 2 aliphatic heterocycles. The molecule has 1 amide bonds. The van der Waals surface area contributed by atoms with Gasteiger partial charge in [0.25, 0.3) is 5.91 Å². The fraction of sp³-hybridized carbons (Fsp3) is 0.320. The van der Waals surface area contributed by atoms with Crippen molar-refractivity contribution in [3.63, 3.8) is 0 Å². The van der Waals surface area contributed by atoms with Crippen molar-refractivity contribution in [1.82, 2.24) is 14.9 Å². The summed E-state index contributed by atoms with van der Waals surface area (Å²) >= 11 is 6.30. The molecule has 2 aliphatic rings. The van der Waals surface area contributed by atoms with Gasteiger partial charge in [-0.3, -0.25) is 14.8 Å². The van der Waals surface area contributed by atoms with Crippen LogP contribution in [0.1, 0.15) is 27.4 Å². The fourth-order valence-electron chi connectivity index (χ4n) is 4.36. The van der Waals surface area contributed by atoms with Crippen LogP contribution in [-0.2, 0) is 17.7 Å². The molecule has 176 valence electrons. The molecule has 1 N–H and O–H groups in total. The van der Waals surface area contributed by atoms with Gasteiger partial charge in [-0.15, -0.1) is 0 Å². The molecule has 2 aromatic heterocycles. The van der Waals surface area contributed by atoms with Crippen molar-refractivity contribution in [2.75, 3.05) is 50.7 Å². The first-order chi connectivity index (χ1) is 16.5. The number of carbonyl (C=O) groups excluding carboxylic acids is 1. The van der Waals surface area contributed by atoms with Gasteiger partial charge in [-0.25, -0.2) is 0 Å². The van der Waals surface area contributed by atoms with Crippen LogP contribution < -0.4 is 15.0 Å². The van der Waals surface area contributed by atoms with E-state index in [9.17, 15) is 4.79 Å². The zero-order valence-corrected chi connectivity index (χ0v) is 19.9. The van der Waals surface area contributed by atoms with E-state index in [2.05, 4.69) is 21.3 Å². The van der Waals surface area contributed by atoms with Crippen LogP contribution in [0.25, 0.3) is 0 Å². The summed E-state index contributed by atoms with van der Waals surface area (Å²) in [6.07, 6.45) is 2.46. The van der Waals surface area contributed by atoms with Gasteiger partial charge in [0.15, 0.2) is 5.75 Å². The fourth-order valence-corrected chi connectivity index (χ4v) is 4.61. The number of methoxy groups -OCH3 is 1. The monoisotopic (exact) mass is 479 g/mol. The average molecular weight is 480 g/mol. The molecule has 1 fully saturated rings. The number of amides is 1. The summed E-state index contributed by atoms with van der Waals surface area (Å²) in [6, 6.07) is 11.5. The Hall–Kier alpha value is -3.36. The number of pyridine rings is 2. The second-order valence-corrected chi connectivity index (χ2v) is 8.78. The Balaban J connectivity index is 1.44. The molecule has 1 saturated heterocycles. The lowest BCUT2D eigenvalue weighted by atomic mass is 10.1. The van der Waals surface area contributed by atoms with Crippen molar-refractivity contribution in [3.05, 3.63) is 70.3 Å². The Labute approximate surface area is 203 Å². The molecule has 0 bridgehead atoms. The summed E-state index contributed by atoms with van der Waals surface area (Å²) in [5, 5.41) is 3.85. The first-order valence-electron chi connectivity index (χ1n) is 11.2. The molecule has 0 spiro atoms. The predicted octanol–water partition coefficient (Wildman–Crippen LogP) is 3.90. The van der Waals surface area contributed by atoms with Gasteiger partial charge in [-0.2, -0.15) is 0 Å². The highest BCUT2D eigenvalue weighted by Crippen LogP contribution is 2.37. The second kappa shape index (κ2) is 9.48. The number of ether oxygens (including phenoxy) is 2. The van der Waals surface area contributed by atoms with E-state index in [4.69, 9.17) is 26.1 Å². The lowest BCUT2D eigenvalue weighted by Gasteiger charge is -2.28. The maximum absolute atomic E-state index is 12.8. The minimum Gasteiger partial charge on any atom is -0.493 e. The van der Waals surface area contributed by atoms with Crippen molar-refractivity contribution < 1.29 is 14.3 Å². The lowest BCUT2D eigenvalue weighted by molar-refractivity contribution is 0.0817. The van der Waals surface area contributed by atoms with Crippen LogP contribution in [0, 0.1) is 0 Å². The minimum atomic E-state index is -0.0643. The Kier molecular flexibility index (Phi) is 6.26. The van der Waals surface area contributed by atoms with Gasteiger partial charge in [0.05, 0.1) is 66.4 Å². The highest BCUT2D eigenvalue weighted by molar-refractivity contribution is 6.32. The molecule has 5 rings (SSSR count). The Bertz CT molecular complexity index is 1210. The number of hydrogen-bond acceptors (Lipinski definition) is 7. The number of para-hydroxylation sites is 1. The average Bonchev–Trinajstić information content (AvgIpc) is 3.13. The number of fused-ring (bicyclic) bond motifs is 1. The van der Waals surface area contributed by atoms with Crippen molar-refractivity contribution >= 4 is 34.6 Å². The van der Waals surface area contributed by atoms with E-state index in [0.717, 1.165) is 49.1 Å². The van der Waals surface area contributed by atoms with E-state index in [1.165, 1.54) is 0 Å². The number of halogens is 1. The molecule has 0 unspecified atom stereocenters. The highest BCUT2D eigenvalue weighted by atomic mass is 35.5. The van der Waals surface area contributed by atoms with Crippen molar-refractivity contribution in [3.8, 4) is 5.75 Å². The molecular weight excluding hydrogens is 454 g/mol. The summed E-state index contributed by atoms with van der Waals surface area (Å²) in [5.41, 5.74) is 5.52. The maximum atomic E-state index is 12.8. The van der Waals surface area contributed by atoms with E-state index in [1.54, 1.807) is 25.1 Å². The molecule has 34 heavy (non-hydrogen) atoms. The minimum absolute atomic E-state index is 0.0643. The van der Waals surface area contributed by atoms with Gasteiger partial charge in [-0.1, -0.05) is 17.7 Å². The van der Waals surface area contributed by atoms with Crippen molar-refractivity contribution in [2.45, 2.75) is 13.0 Å². The summed E-state index contributed by atoms with van der Waals surface area (Å²) in [6.45, 7) is 3.68. The van der Waals surface area contributed by atoms with Crippen LogP contribution in [0.3, 0.4) is 0 Å². The van der Waals surface area contributed by atoms with E-state index in [0.29, 0.717) is 40.7 Å². The molecule has 4 heterocycles. The van der Waals surface area contributed by atoms with E-state index >= 15 is 0 Å². The zero-order chi connectivity index (χ0) is 23.7. The number of morpholine rings is 1. The van der Waals surface area contributed by atoms with Crippen LogP contribution in [0.4, 0.5) is 17.1 Å². The molecule has 0 aliphatic carbocycles. The van der Waals surface area contributed by atoms with Gasteiger partial charge < -0.3 is 24.6 Å². The van der Waals surface area contributed by atoms with E-state index < -0.39 is 0 Å². The number of carbonyl (C=O) groups is 1. The van der Waals surface area contributed by atoms with Gasteiger partial charge in [0.1, 0.15) is 0 Å². The summed E-state index contributed by atoms with van der Waals surface area (Å²) in [4.78, 5) is 26.3. The van der Waals surface area contributed by atoms with Gasteiger partial charge >= 0.3 is 0 Å². The smallest absolute Gasteiger partial charge is 0.257 e. The third-order valence-corrected chi connectivity index (χ3v) is 6.38. The first kappa shape index (κ1) is 22.4. The topological polar surface area (TPSA) is 79.8 Å². The molecular formula is C25H26ClN5O3. The number of benzene rings is 1. The zero-order valence-electron chi connectivity index (χ0n) is 19.2. The normalized spacial score (nSPS) is 15.4. The summed E-state index contributed by atoms with van der Waals surface area (Å²) < 4.78 is 10.9. The number of nitrogens with one attached hydrogen (secondary N) is 1. The van der Waals surface area contributed by atoms with E-state index in [1.807, 2.05) is 30.5 Å². The number of anilines is 3. The molecule has 3 aromatic rings. The number of nitrogens with zero attached hydrogens (tertiary/aromatic N) is 4. The van der Waals surface area contributed by atoms with Gasteiger partial charge in [-0.05, 0) is 30.3 Å². The van der Waals surface area contributed by atoms with E-state index in [-0.39, 0.29) is 5.91 Å². The Morgan fingerprint density at radius 2 is 1.97 bits per heavy atom. The lowest BCUT2D eigenvalue weighted by Crippen LogP contribution is -2.36. The standard InChI is InChI=1S/C25H26ClN5O3/c1-30-15-22-23(25(30)32)21(29-20-5-3-4-19(26)24(20)33-2)13-17(28-22)12-16-6-7-18(14-27-16)31-8-10-34-11-9-31/h3-7,13-14H,8-12,15H2,1-2H3,(H,28,29). The van der Waals surface area contributed by atoms with Crippen molar-refractivity contribution in [2.24, 2.45) is 0 Å². The molecule has 8 nitrogen and oxygen atoms in total.